The largest absolute Gasteiger partial charge is 0.366 e. The zero-order chi connectivity index (χ0) is 13.8. The molecule has 4 heteroatoms. The first-order chi connectivity index (χ1) is 9.08. The van der Waals surface area contributed by atoms with Crippen molar-refractivity contribution in [2.24, 2.45) is 5.73 Å². The molecule has 0 aliphatic rings. The van der Waals surface area contributed by atoms with E-state index in [4.69, 9.17) is 5.73 Å². The summed E-state index contributed by atoms with van der Waals surface area (Å²) in [6.45, 7) is 1.94. The SMILES string of the molecule is Cc1cccc(NC(=O)c2ccccc2C(N)=O)c1. The molecule has 2 aromatic carbocycles. The minimum atomic E-state index is -0.616. The molecule has 0 fully saturated rings. The standard InChI is InChI=1S/C15H14N2O2/c1-10-5-4-6-11(9-10)17-15(19)13-8-3-2-7-12(13)14(16)18/h2-9H,1H3,(H2,16,18)(H,17,19). The summed E-state index contributed by atoms with van der Waals surface area (Å²) in [5.74, 6) is -0.963. The highest BCUT2D eigenvalue weighted by Crippen LogP contribution is 2.14. The summed E-state index contributed by atoms with van der Waals surface area (Å²) < 4.78 is 0. The number of hydrogen-bond acceptors (Lipinski definition) is 2. The molecule has 2 rings (SSSR count). The molecule has 0 aliphatic heterocycles. The molecule has 0 atom stereocenters. The van der Waals surface area contributed by atoms with Crippen LogP contribution in [0.15, 0.2) is 48.5 Å². The molecule has 19 heavy (non-hydrogen) atoms. The molecule has 3 N–H and O–H groups in total. The summed E-state index contributed by atoms with van der Waals surface area (Å²) in [5, 5.41) is 2.75. The van der Waals surface area contributed by atoms with E-state index in [1.807, 2.05) is 25.1 Å². The van der Waals surface area contributed by atoms with Gasteiger partial charge in [0.25, 0.3) is 5.91 Å². The average molecular weight is 254 g/mol. The van der Waals surface area contributed by atoms with Gasteiger partial charge in [-0.1, -0.05) is 24.3 Å². The average Bonchev–Trinajstić information content (AvgIpc) is 2.38. The number of rotatable bonds is 3. The second-order valence-corrected chi connectivity index (χ2v) is 4.23. The van der Waals surface area contributed by atoms with Crippen molar-refractivity contribution in [2.45, 2.75) is 6.92 Å². The summed E-state index contributed by atoms with van der Waals surface area (Å²) in [7, 11) is 0. The van der Waals surface area contributed by atoms with E-state index in [1.165, 1.54) is 6.07 Å². The Kier molecular flexibility index (Phi) is 3.61. The van der Waals surface area contributed by atoms with Crippen LogP contribution in [-0.2, 0) is 0 Å². The summed E-state index contributed by atoms with van der Waals surface area (Å²) in [6.07, 6.45) is 0. The van der Waals surface area contributed by atoms with Gasteiger partial charge in [-0.05, 0) is 36.8 Å². The molecule has 96 valence electrons. The topological polar surface area (TPSA) is 72.2 Å². The lowest BCUT2D eigenvalue weighted by molar-refractivity contribution is 0.0977. The zero-order valence-electron chi connectivity index (χ0n) is 10.5. The van der Waals surface area contributed by atoms with Crippen LogP contribution in [0.4, 0.5) is 5.69 Å². The first-order valence-corrected chi connectivity index (χ1v) is 5.85. The normalized spacial score (nSPS) is 9.95. The second-order valence-electron chi connectivity index (χ2n) is 4.23. The van der Waals surface area contributed by atoms with Crippen molar-refractivity contribution in [3.05, 3.63) is 65.2 Å². The number of amides is 2. The molecule has 0 heterocycles. The van der Waals surface area contributed by atoms with Gasteiger partial charge in [-0.25, -0.2) is 0 Å². The van der Waals surface area contributed by atoms with E-state index in [1.54, 1.807) is 24.3 Å². The number of hydrogen-bond donors (Lipinski definition) is 2. The van der Waals surface area contributed by atoms with Crippen molar-refractivity contribution < 1.29 is 9.59 Å². The van der Waals surface area contributed by atoms with E-state index in [0.29, 0.717) is 5.69 Å². The van der Waals surface area contributed by atoms with Gasteiger partial charge in [0, 0.05) is 5.69 Å². The van der Waals surface area contributed by atoms with Gasteiger partial charge in [0.1, 0.15) is 0 Å². The maximum absolute atomic E-state index is 12.1. The van der Waals surface area contributed by atoms with E-state index in [9.17, 15) is 9.59 Å². The molecule has 0 aliphatic carbocycles. The van der Waals surface area contributed by atoms with Crippen LogP contribution < -0.4 is 11.1 Å². The third-order valence-electron chi connectivity index (χ3n) is 2.71. The Morgan fingerprint density at radius 3 is 2.32 bits per heavy atom. The number of anilines is 1. The van der Waals surface area contributed by atoms with Gasteiger partial charge < -0.3 is 11.1 Å². The zero-order valence-corrected chi connectivity index (χ0v) is 10.5. The van der Waals surface area contributed by atoms with Crippen LogP contribution in [0.5, 0.6) is 0 Å². The molecule has 4 nitrogen and oxygen atoms in total. The van der Waals surface area contributed by atoms with Crippen molar-refractivity contribution in [3.63, 3.8) is 0 Å². The maximum Gasteiger partial charge on any atom is 0.256 e. The summed E-state index contributed by atoms with van der Waals surface area (Å²) in [4.78, 5) is 23.4. The number of nitrogens with two attached hydrogens (primary N) is 1. The fraction of sp³-hybridized carbons (Fsp3) is 0.0667. The van der Waals surface area contributed by atoms with Crippen LogP contribution in [0.1, 0.15) is 26.3 Å². The van der Waals surface area contributed by atoms with Crippen molar-refractivity contribution >= 4 is 17.5 Å². The molecular weight excluding hydrogens is 240 g/mol. The third kappa shape index (κ3) is 2.98. The highest BCUT2D eigenvalue weighted by atomic mass is 16.2. The highest BCUT2D eigenvalue weighted by molar-refractivity contribution is 6.11. The molecule has 2 aromatic rings. The van der Waals surface area contributed by atoms with E-state index in [-0.39, 0.29) is 17.0 Å². The number of carbonyl (C=O) groups excluding carboxylic acids is 2. The summed E-state index contributed by atoms with van der Waals surface area (Å²) in [6, 6.07) is 13.9. The Morgan fingerprint density at radius 2 is 1.68 bits per heavy atom. The van der Waals surface area contributed by atoms with Gasteiger partial charge in [0.05, 0.1) is 11.1 Å². The smallest absolute Gasteiger partial charge is 0.256 e. The van der Waals surface area contributed by atoms with Crippen LogP contribution in [0, 0.1) is 6.92 Å². The number of nitrogens with one attached hydrogen (secondary N) is 1. The van der Waals surface area contributed by atoms with Crippen molar-refractivity contribution in [3.8, 4) is 0 Å². The van der Waals surface area contributed by atoms with Crippen molar-refractivity contribution in [2.75, 3.05) is 5.32 Å². The lowest BCUT2D eigenvalue weighted by atomic mass is 10.1. The lowest BCUT2D eigenvalue weighted by Crippen LogP contribution is -2.20. The highest BCUT2D eigenvalue weighted by Gasteiger charge is 2.14. The van der Waals surface area contributed by atoms with Crippen molar-refractivity contribution in [1.29, 1.82) is 0 Å². The van der Waals surface area contributed by atoms with Gasteiger partial charge in [-0.15, -0.1) is 0 Å². The van der Waals surface area contributed by atoms with Crippen LogP contribution in [0.3, 0.4) is 0 Å². The molecule has 2 amide bonds. The van der Waals surface area contributed by atoms with E-state index >= 15 is 0 Å². The summed E-state index contributed by atoms with van der Waals surface area (Å²) in [5.41, 5.74) is 7.47. The Hall–Kier alpha value is -2.62. The van der Waals surface area contributed by atoms with Crippen LogP contribution in [-0.4, -0.2) is 11.8 Å². The monoisotopic (exact) mass is 254 g/mol. The summed E-state index contributed by atoms with van der Waals surface area (Å²) >= 11 is 0. The van der Waals surface area contributed by atoms with Gasteiger partial charge in [0.15, 0.2) is 0 Å². The Labute approximate surface area is 111 Å². The molecule has 0 saturated carbocycles. The molecule has 0 radical (unpaired) electrons. The first kappa shape index (κ1) is 12.8. The van der Waals surface area contributed by atoms with Crippen LogP contribution >= 0.6 is 0 Å². The van der Waals surface area contributed by atoms with E-state index in [2.05, 4.69) is 5.32 Å². The van der Waals surface area contributed by atoms with Gasteiger partial charge in [-0.2, -0.15) is 0 Å². The van der Waals surface area contributed by atoms with E-state index < -0.39 is 5.91 Å². The van der Waals surface area contributed by atoms with Gasteiger partial charge in [-0.3, -0.25) is 9.59 Å². The number of aryl methyl sites for hydroxylation is 1. The first-order valence-electron chi connectivity index (χ1n) is 5.85. The Bertz CT molecular complexity index is 636. The van der Waals surface area contributed by atoms with Crippen LogP contribution in [0.2, 0.25) is 0 Å². The molecular formula is C15H14N2O2. The van der Waals surface area contributed by atoms with E-state index in [0.717, 1.165) is 5.56 Å². The molecule has 0 bridgehead atoms. The predicted octanol–water partition coefficient (Wildman–Crippen LogP) is 2.35. The quantitative estimate of drug-likeness (QED) is 0.882. The molecule has 0 saturated heterocycles. The minimum Gasteiger partial charge on any atom is -0.366 e. The number of carbonyl (C=O) groups is 2. The van der Waals surface area contributed by atoms with Gasteiger partial charge in [0.2, 0.25) is 5.91 Å². The number of benzene rings is 2. The lowest BCUT2D eigenvalue weighted by Gasteiger charge is -2.08. The van der Waals surface area contributed by atoms with Crippen molar-refractivity contribution in [1.82, 2.24) is 0 Å². The second kappa shape index (κ2) is 5.35. The molecule has 0 aromatic heterocycles. The third-order valence-corrected chi connectivity index (χ3v) is 2.71. The van der Waals surface area contributed by atoms with Crippen LogP contribution in [0.25, 0.3) is 0 Å². The fourth-order valence-corrected chi connectivity index (χ4v) is 1.82. The molecule has 0 spiro atoms. The molecule has 0 unspecified atom stereocenters. The Balaban J connectivity index is 2.28. The maximum atomic E-state index is 12.1. The Morgan fingerprint density at radius 1 is 1.00 bits per heavy atom. The predicted molar refractivity (Wildman–Crippen MR) is 74.1 cm³/mol. The minimum absolute atomic E-state index is 0.215. The number of primary amides is 1. The van der Waals surface area contributed by atoms with Gasteiger partial charge >= 0.3 is 0 Å². The fourth-order valence-electron chi connectivity index (χ4n) is 1.82.